The van der Waals surface area contributed by atoms with Crippen LogP contribution in [0.4, 0.5) is 4.39 Å². The van der Waals surface area contributed by atoms with Gasteiger partial charge in [0.1, 0.15) is 5.82 Å². The molecule has 0 bridgehead atoms. The predicted molar refractivity (Wildman–Crippen MR) is 104 cm³/mol. The Bertz CT molecular complexity index is 770. The van der Waals surface area contributed by atoms with Gasteiger partial charge >= 0.3 is 0 Å². The quantitative estimate of drug-likeness (QED) is 0.849. The van der Waals surface area contributed by atoms with E-state index in [-0.39, 0.29) is 17.8 Å². The van der Waals surface area contributed by atoms with E-state index in [1.165, 1.54) is 23.3 Å². The Balaban J connectivity index is 1.65. The number of aryl methyl sites for hydroxylation is 2. The Morgan fingerprint density at radius 3 is 2.48 bits per heavy atom. The zero-order chi connectivity index (χ0) is 19.2. The first-order valence-corrected chi connectivity index (χ1v) is 9.43. The van der Waals surface area contributed by atoms with Crippen LogP contribution in [-0.2, 0) is 16.0 Å². The molecule has 3 rings (SSSR count). The largest absolute Gasteiger partial charge is 0.379 e. The van der Waals surface area contributed by atoms with Crippen molar-refractivity contribution in [2.45, 2.75) is 26.3 Å². The van der Waals surface area contributed by atoms with Crippen LogP contribution in [0.25, 0.3) is 0 Å². The molecule has 0 spiro atoms. The Kier molecular flexibility index (Phi) is 6.58. The molecule has 27 heavy (non-hydrogen) atoms. The third-order valence-electron chi connectivity index (χ3n) is 5.17. The molecule has 1 heterocycles. The highest BCUT2D eigenvalue weighted by atomic mass is 19.1. The number of benzene rings is 2. The second-order valence-corrected chi connectivity index (χ2v) is 7.12. The van der Waals surface area contributed by atoms with E-state index in [9.17, 15) is 9.18 Å². The summed E-state index contributed by atoms with van der Waals surface area (Å²) in [5, 5.41) is 3.06. The van der Waals surface area contributed by atoms with Crippen LogP contribution >= 0.6 is 0 Å². The third kappa shape index (κ3) is 5.37. The SMILES string of the molecule is Cc1ccc(CC(=O)NCC(c2ccc(F)cc2)N2CCOCC2)cc1C. The molecule has 4 nitrogen and oxygen atoms in total. The lowest BCUT2D eigenvalue weighted by atomic mass is 10.0. The summed E-state index contributed by atoms with van der Waals surface area (Å²) < 4.78 is 18.7. The van der Waals surface area contributed by atoms with Gasteiger partial charge in [0.25, 0.3) is 0 Å². The van der Waals surface area contributed by atoms with E-state index in [4.69, 9.17) is 4.74 Å². The van der Waals surface area contributed by atoms with Crippen molar-refractivity contribution in [3.8, 4) is 0 Å². The predicted octanol–water partition coefficient (Wildman–Crippen LogP) is 3.17. The number of nitrogens with zero attached hydrogens (tertiary/aromatic N) is 1. The molecule has 5 heteroatoms. The summed E-state index contributed by atoms with van der Waals surface area (Å²) in [6, 6.07) is 12.7. The van der Waals surface area contributed by atoms with E-state index < -0.39 is 0 Å². The Morgan fingerprint density at radius 1 is 1.11 bits per heavy atom. The van der Waals surface area contributed by atoms with Gasteiger partial charge in [0.2, 0.25) is 5.91 Å². The zero-order valence-corrected chi connectivity index (χ0v) is 16.0. The van der Waals surface area contributed by atoms with E-state index in [0.29, 0.717) is 26.2 Å². The normalized spacial score (nSPS) is 16.1. The Labute approximate surface area is 160 Å². The highest BCUT2D eigenvalue weighted by molar-refractivity contribution is 5.78. The molecule has 0 radical (unpaired) electrons. The van der Waals surface area contributed by atoms with Gasteiger partial charge in [0.15, 0.2) is 0 Å². The minimum absolute atomic E-state index is 0.00127. The van der Waals surface area contributed by atoms with E-state index in [1.54, 1.807) is 12.1 Å². The second-order valence-electron chi connectivity index (χ2n) is 7.12. The van der Waals surface area contributed by atoms with Crippen LogP contribution in [-0.4, -0.2) is 43.7 Å². The molecule has 2 aromatic rings. The first-order valence-electron chi connectivity index (χ1n) is 9.43. The minimum Gasteiger partial charge on any atom is -0.379 e. The lowest BCUT2D eigenvalue weighted by molar-refractivity contribution is -0.120. The van der Waals surface area contributed by atoms with E-state index >= 15 is 0 Å². The van der Waals surface area contributed by atoms with E-state index in [2.05, 4.69) is 30.1 Å². The number of carbonyl (C=O) groups is 1. The van der Waals surface area contributed by atoms with Crippen LogP contribution in [0.5, 0.6) is 0 Å². The fourth-order valence-corrected chi connectivity index (χ4v) is 3.40. The monoisotopic (exact) mass is 370 g/mol. The number of rotatable bonds is 6. The summed E-state index contributed by atoms with van der Waals surface area (Å²) in [6.07, 6.45) is 0.361. The molecule has 1 atom stereocenters. The van der Waals surface area contributed by atoms with Crippen LogP contribution < -0.4 is 5.32 Å². The summed E-state index contributed by atoms with van der Waals surface area (Å²) in [7, 11) is 0. The van der Waals surface area contributed by atoms with Crippen molar-refractivity contribution >= 4 is 5.91 Å². The van der Waals surface area contributed by atoms with Gasteiger partial charge in [-0.3, -0.25) is 9.69 Å². The number of morpholine rings is 1. The topological polar surface area (TPSA) is 41.6 Å². The maximum atomic E-state index is 13.3. The molecule has 0 aliphatic carbocycles. The van der Waals surface area contributed by atoms with Crippen molar-refractivity contribution in [1.82, 2.24) is 10.2 Å². The van der Waals surface area contributed by atoms with Gasteiger partial charge in [0.05, 0.1) is 25.7 Å². The molecule has 1 aliphatic rings. The molecule has 144 valence electrons. The fraction of sp³-hybridized carbons (Fsp3) is 0.409. The van der Waals surface area contributed by atoms with E-state index in [0.717, 1.165) is 24.2 Å². The average molecular weight is 370 g/mol. The van der Waals surface area contributed by atoms with Crippen LogP contribution in [0.1, 0.15) is 28.3 Å². The number of amides is 1. The Morgan fingerprint density at radius 2 is 1.81 bits per heavy atom. The van der Waals surface area contributed by atoms with E-state index in [1.807, 2.05) is 12.1 Å². The fourth-order valence-electron chi connectivity index (χ4n) is 3.40. The van der Waals surface area contributed by atoms with Crippen molar-refractivity contribution in [3.63, 3.8) is 0 Å². The minimum atomic E-state index is -0.252. The molecular weight excluding hydrogens is 343 g/mol. The molecule has 1 aliphatic heterocycles. The van der Waals surface area contributed by atoms with Crippen LogP contribution in [0.15, 0.2) is 42.5 Å². The molecule has 0 saturated carbocycles. The lowest BCUT2D eigenvalue weighted by Crippen LogP contribution is -2.44. The number of hydrogen-bond acceptors (Lipinski definition) is 3. The smallest absolute Gasteiger partial charge is 0.224 e. The summed E-state index contributed by atoms with van der Waals surface area (Å²) in [5.74, 6) is -0.253. The van der Waals surface area contributed by atoms with Crippen molar-refractivity contribution in [2.75, 3.05) is 32.8 Å². The maximum Gasteiger partial charge on any atom is 0.224 e. The highest BCUT2D eigenvalue weighted by Gasteiger charge is 2.23. The van der Waals surface area contributed by atoms with Crippen LogP contribution in [0.2, 0.25) is 0 Å². The number of hydrogen-bond donors (Lipinski definition) is 1. The van der Waals surface area contributed by atoms with Crippen LogP contribution in [0, 0.1) is 19.7 Å². The number of ether oxygens (including phenoxy) is 1. The van der Waals surface area contributed by atoms with Gasteiger partial charge in [-0.2, -0.15) is 0 Å². The third-order valence-corrected chi connectivity index (χ3v) is 5.17. The summed E-state index contributed by atoms with van der Waals surface area (Å²) in [4.78, 5) is 14.8. The molecule has 1 N–H and O–H groups in total. The molecule has 1 fully saturated rings. The molecular formula is C22H27FN2O2. The van der Waals surface area contributed by atoms with Gasteiger partial charge < -0.3 is 10.1 Å². The summed E-state index contributed by atoms with van der Waals surface area (Å²) >= 11 is 0. The second kappa shape index (κ2) is 9.11. The highest BCUT2D eigenvalue weighted by Crippen LogP contribution is 2.22. The standard InChI is InChI=1S/C22H27FN2O2/c1-16-3-4-18(13-17(16)2)14-22(26)24-15-21(25-9-11-27-12-10-25)19-5-7-20(23)8-6-19/h3-8,13,21H,9-12,14-15H2,1-2H3,(H,24,26). The summed E-state index contributed by atoms with van der Waals surface area (Å²) in [5.41, 5.74) is 4.44. The van der Waals surface area contributed by atoms with Crippen molar-refractivity contribution in [3.05, 3.63) is 70.5 Å². The maximum absolute atomic E-state index is 13.3. The molecule has 1 unspecified atom stereocenters. The summed E-state index contributed by atoms with van der Waals surface area (Å²) in [6.45, 7) is 7.57. The van der Waals surface area contributed by atoms with Gasteiger partial charge in [-0.05, 0) is 48.2 Å². The number of nitrogens with one attached hydrogen (secondary N) is 1. The van der Waals surface area contributed by atoms with Crippen molar-refractivity contribution in [1.29, 1.82) is 0 Å². The van der Waals surface area contributed by atoms with Gasteiger partial charge in [-0.1, -0.05) is 30.3 Å². The lowest BCUT2D eigenvalue weighted by Gasteiger charge is -2.35. The zero-order valence-electron chi connectivity index (χ0n) is 16.0. The molecule has 2 aromatic carbocycles. The molecule has 1 saturated heterocycles. The first kappa shape index (κ1) is 19.5. The van der Waals surface area contributed by atoms with Crippen molar-refractivity contribution in [2.24, 2.45) is 0 Å². The number of halogens is 1. The van der Waals surface area contributed by atoms with Crippen LogP contribution in [0.3, 0.4) is 0 Å². The Hall–Kier alpha value is -2.24. The van der Waals surface area contributed by atoms with Crippen molar-refractivity contribution < 1.29 is 13.9 Å². The average Bonchev–Trinajstić information content (AvgIpc) is 2.67. The molecule has 1 amide bonds. The van der Waals surface area contributed by atoms with Gasteiger partial charge in [-0.15, -0.1) is 0 Å². The van der Waals surface area contributed by atoms with Gasteiger partial charge in [0, 0.05) is 19.6 Å². The van der Waals surface area contributed by atoms with Gasteiger partial charge in [-0.25, -0.2) is 4.39 Å². The molecule has 0 aromatic heterocycles. The number of carbonyl (C=O) groups excluding carboxylic acids is 1. The first-order chi connectivity index (χ1) is 13.0.